The summed E-state index contributed by atoms with van der Waals surface area (Å²) in [6.45, 7) is 2.69. The smallest absolute Gasteiger partial charge is 0.251 e. The molecule has 1 aromatic carbocycles. The van der Waals surface area contributed by atoms with E-state index in [1.165, 1.54) is 0 Å². The number of halogens is 1. The van der Waals surface area contributed by atoms with E-state index in [1.807, 2.05) is 18.4 Å². The minimum Gasteiger partial charge on any atom is -0.347 e. The lowest BCUT2D eigenvalue weighted by Gasteiger charge is -2.07. The van der Waals surface area contributed by atoms with E-state index in [-0.39, 0.29) is 5.91 Å². The molecule has 0 saturated carbocycles. The molecular weight excluding hydrogens is 304 g/mol. The monoisotopic (exact) mass is 318 g/mol. The molecule has 2 aromatic rings. The van der Waals surface area contributed by atoms with Crippen LogP contribution in [-0.4, -0.2) is 12.5 Å². The molecule has 0 unspecified atom stereocenters. The number of hydrogen-bond acceptors (Lipinski definition) is 3. The molecule has 1 heterocycles. The van der Waals surface area contributed by atoms with E-state index in [2.05, 4.69) is 17.2 Å². The average Bonchev–Trinajstić information content (AvgIpc) is 2.90. The van der Waals surface area contributed by atoms with Gasteiger partial charge in [-0.15, -0.1) is 11.3 Å². The van der Waals surface area contributed by atoms with E-state index in [9.17, 15) is 4.79 Å². The maximum absolute atomic E-state index is 12.1. The molecule has 2 rings (SSSR count). The summed E-state index contributed by atoms with van der Waals surface area (Å²) >= 11 is 7.45. The summed E-state index contributed by atoms with van der Waals surface area (Å²) in [7, 11) is 0. The minimum atomic E-state index is -0.104. The van der Waals surface area contributed by atoms with Crippen molar-refractivity contribution < 1.29 is 4.79 Å². The molecule has 0 aliphatic heterocycles. The zero-order valence-corrected chi connectivity index (χ0v) is 13.1. The molecule has 0 aliphatic rings. The average molecular weight is 319 g/mol. The lowest BCUT2D eigenvalue weighted by atomic mass is 10.1. The first-order valence-corrected chi connectivity index (χ1v) is 7.66. The van der Waals surface area contributed by atoms with Gasteiger partial charge in [-0.3, -0.25) is 4.79 Å². The number of benzene rings is 1. The van der Waals surface area contributed by atoms with E-state index < -0.39 is 0 Å². The summed E-state index contributed by atoms with van der Waals surface area (Å²) in [6.07, 6.45) is 0. The van der Waals surface area contributed by atoms with Gasteiger partial charge in [-0.1, -0.05) is 23.4 Å². The van der Waals surface area contributed by atoms with Crippen LogP contribution in [0, 0.1) is 18.8 Å². The fourth-order valence-corrected chi connectivity index (χ4v) is 2.82. The highest BCUT2D eigenvalue weighted by Crippen LogP contribution is 2.16. The molecule has 5 heteroatoms. The van der Waals surface area contributed by atoms with Gasteiger partial charge in [0.2, 0.25) is 0 Å². The second kappa shape index (κ2) is 7.28. The fraction of sp³-hybridized carbons (Fsp3) is 0.188. The van der Waals surface area contributed by atoms with Crippen LogP contribution in [0.3, 0.4) is 0 Å². The third-order valence-corrected chi connectivity index (χ3v) is 4.02. The molecule has 0 atom stereocenters. The molecule has 0 spiro atoms. The second-order valence-electron chi connectivity index (χ2n) is 4.45. The van der Waals surface area contributed by atoms with Crippen LogP contribution in [-0.2, 0) is 6.54 Å². The van der Waals surface area contributed by atoms with Gasteiger partial charge in [-0.2, -0.15) is 0 Å². The Morgan fingerprint density at radius 3 is 2.95 bits per heavy atom. The zero-order chi connectivity index (χ0) is 15.2. The zero-order valence-electron chi connectivity index (χ0n) is 11.6. The summed E-state index contributed by atoms with van der Waals surface area (Å²) < 4.78 is 0. The van der Waals surface area contributed by atoms with Crippen LogP contribution < -0.4 is 11.1 Å². The van der Waals surface area contributed by atoms with Gasteiger partial charge in [0, 0.05) is 26.4 Å². The summed E-state index contributed by atoms with van der Waals surface area (Å²) in [4.78, 5) is 13.2. The first kappa shape index (κ1) is 15.6. The molecule has 108 valence electrons. The standard InChI is InChI=1S/C16H15ClN2OS/c1-11-7-13(17)4-5-15(11)16(20)19-9-14-8-12(10-21-14)3-2-6-18/h4-5,7-8,10H,6,9,18H2,1H3,(H,19,20). The van der Waals surface area contributed by atoms with E-state index >= 15 is 0 Å². The third kappa shape index (κ3) is 4.33. The SMILES string of the molecule is Cc1cc(Cl)ccc1C(=O)NCc1cc(C#CCN)cs1. The topological polar surface area (TPSA) is 55.1 Å². The number of carbonyl (C=O) groups excluding carboxylic acids is 1. The summed E-state index contributed by atoms with van der Waals surface area (Å²) in [5.74, 6) is 5.67. The van der Waals surface area contributed by atoms with Gasteiger partial charge in [-0.05, 0) is 36.8 Å². The van der Waals surface area contributed by atoms with Gasteiger partial charge in [0.1, 0.15) is 0 Å². The Balaban J connectivity index is 1.99. The molecule has 1 amide bonds. The Labute approximate surface area is 133 Å². The van der Waals surface area contributed by atoms with Crippen molar-refractivity contribution in [1.82, 2.24) is 5.32 Å². The Morgan fingerprint density at radius 1 is 1.43 bits per heavy atom. The van der Waals surface area contributed by atoms with Gasteiger partial charge in [0.15, 0.2) is 0 Å². The molecule has 0 saturated heterocycles. The summed E-state index contributed by atoms with van der Waals surface area (Å²) in [5.41, 5.74) is 7.76. The fourth-order valence-electron chi connectivity index (χ4n) is 1.84. The first-order chi connectivity index (χ1) is 10.1. The van der Waals surface area contributed by atoms with Crippen molar-refractivity contribution >= 4 is 28.8 Å². The number of thiophene rings is 1. The van der Waals surface area contributed by atoms with Crippen molar-refractivity contribution in [3.63, 3.8) is 0 Å². The number of hydrogen-bond donors (Lipinski definition) is 2. The highest BCUT2D eigenvalue weighted by atomic mass is 35.5. The predicted molar refractivity (Wildman–Crippen MR) is 87.6 cm³/mol. The lowest BCUT2D eigenvalue weighted by Crippen LogP contribution is -2.23. The van der Waals surface area contributed by atoms with Crippen LogP contribution in [0.5, 0.6) is 0 Å². The number of rotatable bonds is 3. The van der Waals surface area contributed by atoms with Crippen molar-refractivity contribution in [2.24, 2.45) is 5.73 Å². The van der Waals surface area contributed by atoms with Crippen LogP contribution in [0.15, 0.2) is 29.6 Å². The Morgan fingerprint density at radius 2 is 2.24 bits per heavy atom. The molecule has 3 nitrogen and oxygen atoms in total. The summed E-state index contributed by atoms with van der Waals surface area (Å²) in [6, 6.07) is 7.19. The number of nitrogens with two attached hydrogens (primary N) is 1. The normalized spacial score (nSPS) is 9.86. The van der Waals surface area contributed by atoms with E-state index in [0.29, 0.717) is 23.7 Å². The van der Waals surface area contributed by atoms with E-state index in [4.69, 9.17) is 17.3 Å². The maximum Gasteiger partial charge on any atom is 0.251 e. The van der Waals surface area contributed by atoms with Gasteiger partial charge >= 0.3 is 0 Å². The van der Waals surface area contributed by atoms with Gasteiger partial charge in [-0.25, -0.2) is 0 Å². The molecule has 0 radical (unpaired) electrons. The number of amides is 1. The van der Waals surface area contributed by atoms with Crippen LogP contribution >= 0.6 is 22.9 Å². The molecule has 0 bridgehead atoms. The van der Waals surface area contributed by atoms with Crippen LogP contribution in [0.1, 0.15) is 26.4 Å². The number of aryl methyl sites for hydroxylation is 1. The second-order valence-corrected chi connectivity index (χ2v) is 5.88. The van der Waals surface area contributed by atoms with Crippen molar-refractivity contribution in [2.75, 3.05) is 6.54 Å². The molecular formula is C16H15ClN2OS. The van der Waals surface area contributed by atoms with E-state index in [1.54, 1.807) is 29.5 Å². The number of nitrogens with one attached hydrogen (secondary N) is 1. The Kier molecular flexibility index (Phi) is 5.40. The van der Waals surface area contributed by atoms with Crippen LogP contribution in [0.4, 0.5) is 0 Å². The van der Waals surface area contributed by atoms with E-state index in [0.717, 1.165) is 16.0 Å². The first-order valence-electron chi connectivity index (χ1n) is 6.41. The predicted octanol–water partition coefficient (Wildman–Crippen LogP) is 2.95. The largest absolute Gasteiger partial charge is 0.347 e. The maximum atomic E-state index is 12.1. The summed E-state index contributed by atoms with van der Waals surface area (Å²) in [5, 5.41) is 5.49. The minimum absolute atomic E-state index is 0.104. The van der Waals surface area contributed by atoms with Crippen molar-refractivity contribution in [3.05, 3.63) is 56.2 Å². The highest BCUT2D eigenvalue weighted by Gasteiger charge is 2.09. The van der Waals surface area contributed by atoms with Crippen LogP contribution in [0.2, 0.25) is 5.02 Å². The van der Waals surface area contributed by atoms with Gasteiger partial charge in [0.05, 0.1) is 13.1 Å². The van der Waals surface area contributed by atoms with Crippen LogP contribution in [0.25, 0.3) is 0 Å². The Bertz CT molecular complexity index is 713. The Hall–Kier alpha value is -1.80. The van der Waals surface area contributed by atoms with Gasteiger partial charge < -0.3 is 11.1 Å². The molecule has 1 aromatic heterocycles. The molecule has 0 fully saturated rings. The molecule has 3 N–H and O–H groups in total. The number of carbonyl (C=O) groups is 1. The highest BCUT2D eigenvalue weighted by molar-refractivity contribution is 7.10. The molecule has 21 heavy (non-hydrogen) atoms. The van der Waals surface area contributed by atoms with Crippen molar-refractivity contribution in [3.8, 4) is 11.8 Å². The third-order valence-electron chi connectivity index (χ3n) is 2.84. The van der Waals surface area contributed by atoms with Crippen molar-refractivity contribution in [1.29, 1.82) is 0 Å². The van der Waals surface area contributed by atoms with Gasteiger partial charge in [0.25, 0.3) is 5.91 Å². The quantitative estimate of drug-likeness (QED) is 0.855. The lowest BCUT2D eigenvalue weighted by molar-refractivity contribution is 0.0950. The van der Waals surface area contributed by atoms with Crippen molar-refractivity contribution in [2.45, 2.75) is 13.5 Å². The molecule has 0 aliphatic carbocycles.